The summed E-state index contributed by atoms with van der Waals surface area (Å²) in [5.41, 5.74) is -0.785. The van der Waals surface area contributed by atoms with Crippen LogP contribution in [0.3, 0.4) is 0 Å². The van der Waals surface area contributed by atoms with E-state index in [2.05, 4.69) is 15.3 Å². The summed E-state index contributed by atoms with van der Waals surface area (Å²) >= 11 is 0. The van der Waals surface area contributed by atoms with Crippen molar-refractivity contribution in [2.45, 2.75) is 38.7 Å². The van der Waals surface area contributed by atoms with E-state index in [-0.39, 0.29) is 19.6 Å². The van der Waals surface area contributed by atoms with Gasteiger partial charge in [0.1, 0.15) is 24.3 Å². The maximum Gasteiger partial charge on any atom is 0.330 e. The molecule has 12 nitrogen and oxygen atoms in total. The number of aryl methyl sites for hydroxylation is 1. The number of anilines is 1. The lowest BCUT2D eigenvalue weighted by molar-refractivity contribution is -0.150. The van der Waals surface area contributed by atoms with Gasteiger partial charge in [-0.05, 0) is 19.1 Å². The van der Waals surface area contributed by atoms with Crippen molar-refractivity contribution in [3.05, 3.63) is 57.0 Å². The summed E-state index contributed by atoms with van der Waals surface area (Å²) in [6.45, 7) is 3.28. The Bertz CT molecular complexity index is 1010. The molecule has 13 heteroatoms. The van der Waals surface area contributed by atoms with Gasteiger partial charge in [-0.25, -0.2) is 9.78 Å². The van der Waals surface area contributed by atoms with Crippen LogP contribution in [0.5, 0.6) is 0 Å². The van der Waals surface area contributed by atoms with E-state index in [4.69, 9.17) is 18.5 Å². The van der Waals surface area contributed by atoms with Gasteiger partial charge in [0.25, 0.3) is 5.56 Å². The monoisotopic (exact) mass is 468 g/mol. The highest BCUT2D eigenvalue weighted by Crippen LogP contribution is 2.36. The molecule has 2 aromatic heterocycles. The number of H-pyrrole nitrogens is 1. The number of nitrogens with zero attached hydrogens (tertiary/aromatic N) is 2. The first kappa shape index (κ1) is 24.0. The molecule has 174 valence electrons. The summed E-state index contributed by atoms with van der Waals surface area (Å²) in [5.74, 6) is 0.166. The van der Waals surface area contributed by atoms with Crippen LogP contribution in [-0.4, -0.2) is 57.4 Å². The van der Waals surface area contributed by atoms with Gasteiger partial charge in [0, 0.05) is 37.8 Å². The summed E-state index contributed by atoms with van der Waals surface area (Å²) in [4.78, 5) is 51.5. The molecule has 1 aliphatic heterocycles. The fraction of sp³-hybridized carbons (Fsp3) is 0.474. The Morgan fingerprint density at radius 3 is 2.94 bits per heavy atom. The van der Waals surface area contributed by atoms with Gasteiger partial charge < -0.3 is 28.7 Å². The van der Waals surface area contributed by atoms with E-state index in [9.17, 15) is 19.3 Å². The molecule has 1 fully saturated rings. The molecule has 0 bridgehead atoms. The summed E-state index contributed by atoms with van der Waals surface area (Å²) in [6.07, 6.45) is 1.00. The number of aromatic nitrogens is 3. The molecular weight excluding hydrogens is 443 g/mol. The minimum atomic E-state index is -2.20. The molecule has 32 heavy (non-hydrogen) atoms. The fourth-order valence-corrected chi connectivity index (χ4v) is 3.70. The van der Waals surface area contributed by atoms with E-state index in [0.717, 1.165) is 0 Å². The van der Waals surface area contributed by atoms with E-state index in [0.29, 0.717) is 17.9 Å². The number of hydrogen-bond donors (Lipinski definition) is 3. The number of pyridine rings is 1. The van der Waals surface area contributed by atoms with E-state index >= 15 is 0 Å². The lowest BCUT2D eigenvalue weighted by atomic mass is 10.2. The second-order valence-electron chi connectivity index (χ2n) is 7.00. The van der Waals surface area contributed by atoms with Gasteiger partial charge in [-0.1, -0.05) is 6.07 Å². The highest BCUT2D eigenvalue weighted by molar-refractivity contribution is 7.40. The number of rotatable bonds is 10. The second kappa shape index (κ2) is 11.3. The number of esters is 1. The Balaban J connectivity index is 1.52. The Morgan fingerprint density at radius 1 is 1.41 bits per heavy atom. The standard InChI is InChI=1S/C19H25N4O8P/c1-12-10-23(19(26)22-18(12)25)17-9-14(30-13(2)24)15(31-17)11-29-32(27)28-8-7-21-16-5-3-4-6-20-16/h3-6,10,14-15,17,27H,7-9,11H2,1-2H3,(H,20,21)(H,22,25,26)/t14-,15+,17+,32?/m0/s1. The average molecular weight is 468 g/mol. The van der Waals surface area contributed by atoms with Crippen molar-refractivity contribution in [2.75, 3.05) is 25.1 Å². The summed E-state index contributed by atoms with van der Waals surface area (Å²) in [7, 11) is -2.20. The first-order chi connectivity index (χ1) is 15.3. The Labute approximate surface area is 184 Å². The van der Waals surface area contributed by atoms with Crippen molar-refractivity contribution < 1.29 is 28.2 Å². The van der Waals surface area contributed by atoms with Crippen molar-refractivity contribution in [1.82, 2.24) is 14.5 Å². The van der Waals surface area contributed by atoms with E-state index < -0.39 is 44.3 Å². The molecule has 0 radical (unpaired) electrons. The summed E-state index contributed by atoms with van der Waals surface area (Å²) < 4.78 is 22.9. The van der Waals surface area contributed by atoms with Gasteiger partial charge in [0.15, 0.2) is 0 Å². The molecule has 4 atom stereocenters. The molecule has 1 saturated heterocycles. The molecule has 0 aliphatic carbocycles. The molecule has 0 spiro atoms. The Kier molecular flexibility index (Phi) is 8.48. The number of hydrogen-bond acceptors (Lipinski definition) is 10. The number of carbonyl (C=O) groups is 1. The van der Waals surface area contributed by atoms with Gasteiger partial charge >= 0.3 is 20.3 Å². The van der Waals surface area contributed by atoms with E-state index in [1.54, 1.807) is 25.3 Å². The molecule has 0 saturated carbocycles. The Morgan fingerprint density at radius 2 is 2.22 bits per heavy atom. The third-order valence-electron chi connectivity index (χ3n) is 4.58. The van der Waals surface area contributed by atoms with Gasteiger partial charge in [-0.15, -0.1) is 0 Å². The maximum absolute atomic E-state index is 12.2. The smallest absolute Gasteiger partial charge is 0.330 e. The molecule has 3 rings (SSSR count). The normalized spacial score (nSPS) is 21.3. The zero-order valence-corrected chi connectivity index (χ0v) is 18.5. The predicted octanol–water partition coefficient (Wildman–Crippen LogP) is 0.824. The van der Waals surface area contributed by atoms with E-state index in [1.807, 2.05) is 6.07 Å². The zero-order chi connectivity index (χ0) is 23.1. The van der Waals surface area contributed by atoms with Crippen molar-refractivity contribution in [3.63, 3.8) is 0 Å². The quantitative estimate of drug-likeness (QED) is 0.259. The molecule has 3 N–H and O–H groups in total. The molecule has 0 amide bonds. The van der Waals surface area contributed by atoms with Crippen molar-refractivity contribution in [1.29, 1.82) is 0 Å². The molecule has 1 aliphatic rings. The summed E-state index contributed by atoms with van der Waals surface area (Å²) in [6, 6.07) is 5.45. The lowest BCUT2D eigenvalue weighted by Gasteiger charge is -2.19. The molecule has 2 aromatic rings. The second-order valence-corrected chi connectivity index (χ2v) is 7.99. The predicted molar refractivity (Wildman–Crippen MR) is 114 cm³/mol. The number of aromatic amines is 1. The van der Waals surface area contributed by atoms with Crippen LogP contribution in [0.25, 0.3) is 0 Å². The largest absolute Gasteiger partial charge is 0.460 e. The van der Waals surface area contributed by atoms with Crippen LogP contribution in [0.1, 0.15) is 25.1 Å². The van der Waals surface area contributed by atoms with Crippen molar-refractivity contribution in [2.24, 2.45) is 0 Å². The average Bonchev–Trinajstić information content (AvgIpc) is 3.14. The third-order valence-corrected chi connectivity index (χ3v) is 5.35. The maximum atomic E-state index is 12.2. The molecular formula is C19H25N4O8P. The molecule has 1 unspecified atom stereocenters. The third kappa shape index (κ3) is 6.68. The Hall–Kier alpha value is -2.63. The van der Waals surface area contributed by atoms with Gasteiger partial charge in [0.05, 0.1) is 13.2 Å². The van der Waals surface area contributed by atoms with Gasteiger partial charge in [-0.3, -0.25) is 19.1 Å². The first-order valence-electron chi connectivity index (χ1n) is 9.88. The first-order valence-corrected chi connectivity index (χ1v) is 11.0. The minimum absolute atomic E-state index is 0.124. The topological polar surface area (TPSA) is 154 Å². The van der Waals surface area contributed by atoms with Crippen molar-refractivity contribution in [3.8, 4) is 0 Å². The van der Waals surface area contributed by atoms with Crippen LogP contribution in [0.2, 0.25) is 0 Å². The van der Waals surface area contributed by atoms with Crippen LogP contribution < -0.4 is 16.6 Å². The number of carbonyl (C=O) groups excluding carboxylic acids is 1. The van der Waals surface area contributed by atoms with Crippen LogP contribution in [-0.2, 0) is 23.3 Å². The van der Waals surface area contributed by atoms with Crippen molar-refractivity contribution >= 4 is 20.4 Å². The fourth-order valence-electron chi connectivity index (χ4n) is 3.10. The molecule has 0 aromatic carbocycles. The SMILES string of the molecule is CC(=O)O[C@H]1C[C@H](n2cc(C)c(=O)[nH]c2=O)O[C@@H]1COP(O)OCCNc1ccccn1. The minimum Gasteiger partial charge on any atom is -0.460 e. The highest BCUT2D eigenvalue weighted by atomic mass is 31.2. The summed E-state index contributed by atoms with van der Waals surface area (Å²) in [5, 5.41) is 3.03. The van der Waals surface area contributed by atoms with Crippen LogP contribution in [0.4, 0.5) is 5.82 Å². The number of ether oxygens (including phenoxy) is 2. The van der Waals surface area contributed by atoms with Gasteiger partial charge in [-0.2, -0.15) is 0 Å². The zero-order valence-electron chi connectivity index (χ0n) is 17.6. The van der Waals surface area contributed by atoms with Crippen LogP contribution >= 0.6 is 8.60 Å². The molecule has 3 heterocycles. The highest BCUT2D eigenvalue weighted by Gasteiger charge is 2.39. The van der Waals surface area contributed by atoms with E-state index in [1.165, 1.54) is 17.7 Å². The van der Waals surface area contributed by atoms with Gasteiger partial charge in [0.2, 0.25) is 0 Å². The van der Waals surface area contributed by atoms with Crippen LogP contribution in [0.15, 0.2) is 40.2 Å². The van der Waals surface area contributed by atoms with Crippen LogP contribution in [0, 0.1) is 6.92 Å². The lowest BCUT2D eigenvalue weighted by Crippen LogP contribution is -2.33. The number of nitrogens with one attached hydrogen (secondary N) is 2.